The van der Waals surface area contributed by atoms with Crippen LogP contribution in [0.5, 0.6) is 5.75 Å². The number of carbonyl (C=O) groups is 2. The zero-order valence-corrected chi connectivity index (χ0v) is 13.4. The molecule has 1 aromatic carbocycles. The Morgan fingerprint density at radius 3 is 2.43 bits per heavy atom. The van der Waals surface area contributed by atoms with Crippen molar-refractivity contribution < 1.29 is 14.7 Å². The monoisotopic (exact) mass is 316 g/mol. The third-order valence-electron chi connectivity index (χ3n) is 4.91. The summed E-state index contributed by atoms with van der Waals surface area (Å²) in [6.07, 6.45) is 4.93. The molecule has 1 N–H and O–H groups in total. The summed E-state index contributed by atoms with van der Waals surface area (Å²) < 4.78 is 0. The van der Waals surface area contributed by atoms with E-state index >= 15 is 0 Å². The summed E-state index contributed by atoms with van der Waals surface area (Å²) >= 11 is 0. The average molecular weight is 316 g/mol. The number of hydrogen-bond donors (Lipinski definition) is 1. The molecule has 2 aliphatic rings. The van der Waals surface area contributed by atoms with E-state index in [0.717, 1.165) is 50.9 Å². The molecule has 0 radical (unpaired) electrons. The lowest BCUT2D eigenvalue weighted by Gasteiger charge is -2.40. The van der Waals surface area contributed by atoms with E-state index in [0.29, 0.717) is 18.9 Å². The molecule has 5 nitrogen and oxygen atoms in total. The first-order valence-electron chi connectivity index (χ1n) is 8.48. The Morgan fingerprint density at radius 2 is 1.78 bits per heavy atom. The van der Waals surface area contributed by atoms with E-state index in [1.165, 1.54) is 0 Å². The van der Waals surface area contributed by atoms with Gasteiger partial charge in [0.05, 0.1) is 6.42 Å². The first kappa shape index (κ1) is 15.8. The van der Waals surface area contributed by atoms with Crippen molar-refractivity contribution in [3.8, 4) is 5.75 Å². The number of phenolic OH excluding ortho intramolecular Hbond substituents is 1. The predicted octanol–water partition coefficient (Wildman–Crippen LogP) is 1.94. The van der Waals surface area contributed by atoms with Gasteiger partial charge >= 0.3 is 0 Å². The molecule has 2 saturated heterocycles. The standard InChI is InChI=1S/C18H24N2O3/c21-16-6-4-14(5-7-16)13-18(23)19-11-8-15(9-12-19)20-10-2-1-3-17(20)22/h4-7,15,21H,1-3,8-13H2. The lowest BCUT2D eigenvalue weighted by molar-refractivity contribution is -0.138. The second kappa shape index (κ2) is 7.02. The van der Waals surface area contributed by atoms with Crippen LogP contribution in [0.25, 0.3) is 0 Å². The van der Waals surface area contributed by atoms with Gasteiger partial charge in [-0.05, 0) is 43.4 Å². The molecule has 1 aromatic rings. The van der Waals surface area contributed by atoms with E-state index in [9.17, 15) is 14.7 Å². The van der Waals surface area contributed by atoms with Crippen LogP contribution >= 0.6 is 0 Å². The second-order valence-corrected chi connectivity index (χ2v) is 6.50. The van der Waals surface area contributed by atoms with Crippen LogP contribution in [-0.2, 0) is 16.0 Å². The number of amides is 2. The zero-order valence-electron chi connectivity index (χ0n) is 13.4. The summed E-state index contributed by atoms with van der Waals surface area (Å²) in [5.74, 6) is 0.623. The molecule has 23 heavy (non-hydrogen) atoms. The first-order valence-corrected chi connectivity index (χ1v) is 8.48. The molecular weight excluding hydrogens is 292 g/mol. The number of phenols is 1. The Morgan fingerprint density at radius 1 is 1.09 bits per heavy atom. The van der Waals surface area contributed by atoms with Crippen molar-refractivity contribution in [3.05, 3.63) is 29.8 Å². The van der Waals surface area contributed by atoms with Gasteiger partial charge in [-0.3, -0.25) is 9.59 Å². The zero-order chi connectivity index (χ0) is 16.2. The maximum atomic E-state index is 12.4. The molecule has 5 heteroatoms. The minimum absolute atomic E-state index is 0.124. The third kappa shape index (κ3) is 3.84. The number of aromatic hydroxyl groups is 1. The maximum Gasteiger partial charge on any atom is 0.226 e. The van der Waals surface area contributed by atoms with Crippen LogP contribution in [0.1, 0.15) is 37.7 Å². The fourth-order valence-corrected chi connectivity index (χ4v) is 3.54. The van der Waals surface area contributed by atoms with E-state index in [4.69, 9.17) is 0 Å². The van der Waals surface area contributed by atoms with E-state index in [1.54, 1.807) is 24.3 Å². The highest BCUT2D eigenvalue weighted by molar-refractivity contribution is 5.79. The van der Waals surface area contributed by atoms with Crippen molar-refractivity contribution in [3.63, 3.8) is 0 Å². The van der Waals surface area contributed by atoms with Gasteiger partial charge in [0.1, 0.15) is 5.75 Å². The van der Waals surface area contributed by atoms with E-state index in [-0.39, 0.29) is 17.6 Å². The Labute approximate surface area is 136 Å². The molecule has 124 valence electrons. The summed E-state index contributed by atoms with van der Waals surface area (Å²) in [6, 6.07) is 7.09. The topological polar surface area (TPSA) is 60.9 Å². The Kier molecular flexibility index (Phi) is 4.84. The second-order valence-electron chi connectivity index (χ2n) is 6.50. The van der Waals surface area contributed by atoms with E-state index in [2.05, 4.69) is 0 Å². The van der Waals surface area contributed by atoms with Gasteiger partial charge in [-0.2, -0.15) is 0 Å². The highest BCUT2D eigenvalue weighted by atomic mass is 16.3. The Balaban J connectivity index is 1.51. The summed E-state index contributed by atoms with van der Waals surface area (Å²) in [7, 11) is 0. The van der Waals surface area contributed by atoms with Crippen molar-refractivity contribution >= 4 is 11.8 Å². The van der Waals surface area contributed by atoms with Crippen molar-refractivity contribution in [1.82, 2.24) is 9.80 Å². The highest BCUT2D eigenvalue weighted by Gasteiger charge is 2.30. The molecule has 0 atom stereocenters. The molecule has 0 aromatic heterocycles. The molecule has 2 amide bonds. The SMILES string of the molecule is O=C(Cc1ccc(O)cc1)N1CCC(N2CCCCC2=O)CC1. The average Bonchev–Trinajstić information content (AvgIpc) is 2.57. The van der Waals surface area contributed by atoms with Gasteiger partial charge in [-0.25, -0.2) is 0 Å². The summed E-state index contributed by atoms with van der Waals surface area (Å²) in [4.78, 5) is 28.3. The number of piperidine rings is 2. The van der Waals surface area contributed by atoms with Gasteiger partial charge in [0, 0.05) is 32.1 Å². The molecule has 0 bridgehead atoms. The van der Waals surface area contributed by atoms with Crippen molar-refractivity contribution in [1.29, 1.82) is 0 Å². The summed E-state index contributed by atoms with van der Waals surface area (Å²) in [5, 5.41) is 9.29. The smallest absolute Gasteiger partial charge is 0.226 e. The number of likely N-dealkylation sites (tertiary alicyclic amines) is 2. The Bertz CT molecular complexity index is 562. The number of rotatable bonds is 3. The largest absolute Gasteiger partial charge is 0.508 e. The highest BCUT2D eigenvalue weighted by Crippen LogP contribution is 2.22. The van der Waals surface area contributed by atoms with Crippen LogP contribution < -0.4 is 0 Å². The molecule has 2 aliphatic heterocycles. The molecule has 3 rings (SSSR count). The van der Waals surface area contributed by atoms with Gasteiger partial charge in [0.2, 0.25) is 11.8 Å². The van der Waals surface area contributed by atoms with Crippen LogP contribution in [0.3, 0.4) is 0 Å². The fraction of sp³-hybridized carbons (Fsp3) is 0.556. The van der Waals surface area contributed by atoms with Crippen LogP contribution in [0, 0.1) is 0 Å². The van der Waals surface area contributed by atoms with Gasteiger partial charge in [-0.1, -0.05) is 12.1 Å². The van der Waals surface area contributed by atoms with Crippen molar-refractivity contribution in [2.75, 3.05) is 19.6 Å². The molecule has 2 heterocycles. The summed E-state index contributed by atoms with van der Waals surface area (Å²) in [5.41, 5.74) is 0.918. The number of carbonyl (C=O) groups excluding carboxylic acids is 2. The minimum Gasteiger partial charge on any atom is -0.508 e. The van der Waals surface area contributed by atoms with Crippen LogP contribution in [-0.4, -0.2) is 52.4 Å². The predicted molar refractivity (Wildman–Crippen MR) is 87.0 cm³/mol. The van der Waals surface area contributed by atoms with Crippen molar-refractivity contribution in [2.45, 2.75) is 44.6 Å². The third-order valence-corrected chi connectivity index (χ3v) is 4.91. The van der Waals surface area contributed by atoms with Gasteiger partial charge < -0.3 is 14.9 Å². The normalized spacial score (nSPS) is 19.9. The molecule has 0 saturated carbocycles. The molecule has 2 fully saturated rings. The number of hydrogen-bond acceptors (Lipinski definition) is 3. The van der Waals surface area contributed by atoms with Gasteiger partial charge in [-0.15, -0.1) is 0 Å². The number of benzene rings is 1. The van der Waals surface area contributed by atoms with E-state index < -0.39 is 0 Å². The van der Waals surface area contributed by atoms with Crippen LogP contribution in [0.2, 0.25) is 0 Å². The number of nitrogens with zero attached hydrogens (tertiary/aromatic N) is 2. The van der Waals surface area contributed by atoms with Crippen molar-refractivity contribution in [2.24, 2.45) is 0 Å². The lowest BCUT2D eigenvalue weighted by Crippen LogP contribution is -2.50. The fourth-order valence-electron chi connectivity index (χ4n) is 3.54. The minimum atomic E-state index is 0.124. The van der Waals surface area contributed by atoms with Crippen LogP contribution in [0.4, 0.5) is 0 Å². The van der Waals surface area contributed by atoms with Gasteiger partial charge in [0.25, 0.3) is 0 Å². The summed E-state index contributed by atoms with van der Waals surface area (Å²) in [6.45, 7) is 2.34. The Hall–Kier alpha value is -2.04. The molecule has 0 unspecified atom stereocenters. The first-order chi connectivity index (χ1) is 11.1. The van der Waals surface area contributed by atoms with E-state index in [1.807, 2.05) is 9.80 Å². The lowest BCUT2D eigenvalue weighted by atomic mass is 9.99. The van der Waals surface area contributed by atoms with Crippen LogP contribution in [0.15, 0.2) is 24.3 Å². The molecular formula is C18H24N2O3. The maximum absolute atomic E-state index is 12.4. The molecule has 0 aliphatic carbocycles. The molecule has 0 spiro atoms. The quantitative estimate of drug-likeness (QED) is 0.927. The van der Waals surface area contributed by atoms with Gasteiger partial charge in [0.15, 0.2) is 0 Å².